The Labute approximate surface area is 112 Å². The van der Waals surface area contributed by atoms with Crippen molar-refractivity contribution < 1.29 is 13.5 Å². The van der Waals surface area contributed by atoms with Crippen molar-refractivity contribution >= 4 is 12.4 Å². The fourth-order valence-electron chi connectivity index (χ4n) is 2.38. The fraction of sp³-hybridized carbons (Fsp3) is 0.538. The predicted octanol–water partition coefficient (Wildman–Crippen LogP) is 3.35. The molecule has 0 bridgehead atoms. The van der Waals surface area contributed by atoms with E-state index in [2.05, 4.69) is 5.32 Å². The molecule has 1 heterocycles. The molecule has 0 radical (unpaired) electrons. The van der Waals surface area contributed by atoms with Crippen LogP contribution in [0.1, 0.15) is 25.3 Å². The first-order chi connectivity index (χ1) is 8.01. The van der Waals surface area contributed by atoms with Gasteiger partial charge < -0.3 is 10.1 Å². The third-order valence-corrected chi connectivity index (χ3v) is 3.52. The quantitative estimate of drug-likeness (QED) is 0.895. The number of halogens is 3. The Bertz CT molecular complexity index is 414. The summed E-state index contributed by atoms with van der Waals surface area (Å²) in [5.41, 5.74) is -0.829. The molecule has 102 valence electrons. The van der Waals surface area contributed by atoms with E-state index in [1.807, 2.05) is 0 Å². The van der Waals surface area contributed by atoms with E-state index in [0.717, 1.165) is 0 Å². The second-order valence-corrected chi connectivity index (χ2v) is 4.56. The van der Waals surface area contributed by atoms with Crippen molar-refractivity contribution in [2.75, 3.05) is 13.7 Å². The van der Waals surface area contributed by atoms with Crippen LogP contribution >= 0.6 is 12.4 Å². The number of alkyl halides is 2. The molecule has 1 atom stereocenters. The van der Waals surface area contributed by atoms with Gasteiger partial charge in [-0.3, -0.25) is 0 Å². The van der Waals surface area contributed by atoms with Gasteiger partial charge in [0.05, 0.1) is 7.11 Å². The molecule has 18 heavy (non-hydrogen) atoms. The van der Waals surface area contributed by atoms with E-state index in [1.165, 1.54) is 7.11 Å². The maximum absolute atomic E-state index is 14.1. The molecule has 0 aromatic heterocycles. The SMILES string of the molecule is COc1ccccc1C1(C)NCCCC1(F)F.Cl. The van der Waals surface area contributed by atoms with Gasteiger partial charge in [-0.1, -0.05) is 18.2 Å². The van der Waals surface area contributed by atoms with E-state index in [0.29, 0.717) is 24.3 Å². The fourth-order valence-corrected chi connectivity index (χ4v) is 2.38. The smallest absolute Gasteiger partial charge is 0.269 e. The van der Waals surface area contributed by atoms with E-state index in [9.17, 15) is 8.78 Å². The molecule has 1 N–H and O–H groups in total. The molecule has 1 unspecified atom stereocenters. The molecule has 0 aliphatic carbocycles. The summed E-state index contributed by atoms with van der Waals surface area (Å²) in [4.78, 5) is 0. The Balaban J connectivity index is 0.00000162. The molecule has 1 aromatic carbocycles. The normalized spacial score (nSPS) is 26.2. The van der Waals surface area contributed by atoms with Gasteiger partial charge in [0.2, 0.25) is 0 Å². The number of ether oxygens (including phenoxy) is 1. The van der Waals surface area contributed by atoms with E-state index in [-0.39, 0.29) is 18.8 Å². The molecule has 0 spiro atoms. The molecule has 1 aromatic rings. The average molecular weight is 278 g/mol. The lowest BCUT2D eigenvalue weighted by Crippen LogP contribution is -2.57. The minimum atomic E-state index is -2.76. The molecule has 1 aliphatic rings. The predicted molar refractivity (Wildman–Crippen MR) is 69.8 cm³/mol. The van der Waals surface area contributed by atoms with Gasteiger partial charge in [-0.2, -0.15) is 0 Å². The lowest BCUT2D eigenvalue weighted by molar-refractivity contribution is -0.110. The number of benzene rings is 1. The van der Waals surface area contributed by atoms with Crippen LogP contribution in [-0.4, -0.2) is 19.6 Å². The highest BCUT2D eigenvalue weighted by atomic mass is 35.5. The largest absolute Gasteiger partial charge is 0.496 e. The van der Waals surface area contributed by atoms with Crippen LogP contribution in [0.5, 0.6) is 5.75 Å². The van der Waals surface area contributed by atoms with Crippen molar-refractivity contribution in [1.29, 1.82) is 0 Å². The van der Waals surface area contributed by atoms with Crippen LogP contribution in [0, 0.1) is 0 Å². The second kappa shape index (κ2) is 5.41. The van der Waals surface area contributed by atoms with Crippen LogP contribution in [0.4, 0.5) is 8.78 Å². The molecule has 2 rings (SSSR count). The van der Waals surface area contributed by atoms with Gasteiger partial charge in [0, 0.05) is 12.0 Å². The van der Waals surface area contributed by atoms with Crippen molar-refractivity contribution in [3.05, 3.63) is 29.8 Å². The highest BCUT2D eigenvalue weighted by Gasteiger charge is 2.53. The van der Waals surface area contributed by atoms with Crippen LogP contribution in [0.3, 0.4) is 0 Å². The van der Waals surface area contributed by atoms with E-state index < -0.39 is 11.5 Å². The Morgan fingerprint density at radius 2 is 1.94 bits per heavy atom. The average Bonchev–Trinajstić information content (AvgIpc) is 2.33. The van der Waals surface area contributed by atoms with Gasteiger partial charge in [-0.25, -0.2) is 8.78 Å². The van der Waals surface area contributed by atoms with Gasteiger partial charge >= 0.3 is 0 Å². The zero-order valence-electron chi connectivity index (χ0n) is 10.5. The van der Waals surface area contributed by atoms with Crippen LogP contribution in [0.2, 0.25) is 0 Å². The monoisotopic (exact) mass is 277 g/mol. The van der Waals surface area contributed by atoms with Crippen LogP contribution in [0.25, 0.3) is 0 Å². The first kappa shape index (κ1) is 15.2. The van der Waals surface area contributed by atoms with Gasteiger partial charge in [-0.15, -0.1) is 12.4 Å². The van der Waals surface area contributed by atoms with Crippen molar-refractivity contribution in [3.63, 3.8) is 0 Å². The summed E-state index contributed by atoms with van der Waals surface area (Å²) in [5, 5.41) is 2.95. The number of hydrogen-bond acceptors (Lipinski definition) is 2. The number of rotatable bonds is 2. The summed E-state index contributed by atoms with van der Waals surface area (Å²) in [6.07, 6.45) is 0.409. The summed E-state index contributed by atoms with van der Waals surface area (Å²) in [7, 11) is 1.50. The Hall–Kier alpha value is -0.870. The molecule has 1 saturated heterocycles. The topological polar surface area (TPSA) is 21.3 Å². The van der Waals surface area contributed by atoms with Gasteiger partial charge in [0.25, 0.3) is 5.92 Å². The third kappa shape index (κ3) is 2.31. The zero-order valence-corrected chi connectivity index (χ0v) is 11.3. The first-order valence-corrected chi connectivity index (χ1v) is 5.77. The zero-order chi connectivity index (χ0) is 12.5. The summed E-state index contributed by atoms with van der Waals surface area (Å²) in [6, 6.07) is 6.96. The Morgan fingerprint density at radius 3 is 2.56 bits per heavy atom. The molecular formula is C13H18ClF2NO. The molecule has 0 amide bonds. The van der Waals surface area contributed by atoms with Crippen LogP contribution in [0.15, 0.2) is 24.3 Å². The second-order valence-electron chi connectivity index (χ2n) is 4.56. The number of piperidine rings is 1. The number of methoxy groups -OCH3 is 1. The maximum atomic E-state index is 14.1. The number of nitrogens with one attached hydrogen (secondary N) is 1. The molecule has 0 saturated carbocycles. The van der Waals surface area contributed by atoms with E-state index >= 15 is 0 Å². The van der Waals surface area contributed by atoms with Crippen LogP contribution in [-0.2, 0) is 5.54 Å². The molecule has 2 nitrogen and oxygen atoms in total. The van der Waals surface area contributed by atoms with E-state index in [1.54, 1.807) is 31.2 Å². The van der Waals surface area contributed by atoms with Crippen molar-refractivity contribution in [3.8, 4) is 5.75 Å². The third-order valence-electron chi connectivity index (χ3n) is 3.52. The Morgan fingerprint density at radius 1 is 1.28 bits per heavy atom. The molecule has 1 fully saturated rings. The minimum Gasteiger partial charge on any atom is -0.496 e. The first-order valence-electron chi connectivity index (χ1n) is 5.77. The molecule has 5 heteroatoms. The Kier molecular flexibility index (Phi) is 4.56. The standard InChI is InChI=1S/C13H17F2NO.ClH/c1-12(13(14,15)8-5-9-16-12)10-6-3-4-7-11(10)17-2;/h3-4,6-7,16H,5,8-9H2,1-2H3;1H. The lowest BCUT2D eigenvalue weighted by Gasteiger charge is -2.42. The summed E-state index contributed by atoms with van der Waals surface area (Å²) in [6.45, 7) is 2.15. The maximum Gasteiger partial charge on any atom is 0.269 e. The van der Waals surface area contributed by atoms with Crippen LogP contribution < -0.4 is 10.1 Å². The summed E-state index contributed by atoms with van der Waals surface area (Å²) < 4.78 is 33.5. The lowest BCUT2D eigenvalue weighted by atomic mass is 9.80. The highest BCUT2D eigenvalue weighted by molar-refractivity contribution is 5.85. The van der Waals surface area contributed by atoms with Crippen molar-refractivity contribution in [2.24, 2.45) is 0 Å². The summed E-state index contributed by atoms with van der Waals surface area (Å²) >= 11 is 0. The molecular weight excluding hydrogens is 260 g/mol. The van der Waals surface area contributed by atoms with Gasteiger partial charge in [0.15, 0.2) is 0 Å². The number of para-hydroxylation sites is 1. The van der Waals surface area contributed by atoms with Gasteiger partial charge in [-0.05, 0) is 26.0 Å². The van der Waals surface area contributed by atoms with Crippen molar-refractivity contribution in [1.82, 2.24) is 5.32 Å². The summed E-state index contributed by atoms with van der Waals surface area (Å²) in [5.74, 6) is -2.26. The molecule has 1 aliphatic heterocycles. The number of hydrogen-bond donors (Lipinski definition) is 1. The van der Waals surface area contributed by atoms with Crippen molar-refractivity contribution in [2.45, 2.75) is 31.2 Å². The minimum absolute atomic E-state index is 0. The highest BCUT2D eigenvalue weighted by Crippen LogP contribution is 2.45. The van der Waals surface area contributed by atoms with Gasteiger partial charge in [0.1, 0.15) is 11.3 Å². The van der Waals surface area contributed by atoms with E-state index in [4.69, 9.17) is 4.74 Å².